The van der Waals surface area contributed by atoms with Gasteiger partial charge in [-0.25, -0.2) is 17.6 Å². The van der Waals surface area contributed by atoms with Crippen LogP contribution in [-0.4, -0.2) is 38.4 Å². The first-order valence-electron chi connectivity index (χ1n) is 10.2. The lowest BCUT2D eigenvalue weighted by molar-refractivity contribution is 0.0772. The number of rotatable bonds is 6. The number of aryl methyl sites for hydroxylation is 1. The zero-order chi connectivity index (χ0) is 23.6. The van der Waals surface area contributed by atoms with E-state index in [-0.39, 0.29) is 23.3 Å². The number of halogens is 1. The van der Waals surface area contributed by atoms with E-state index in [0.717, 1.165) is 12.1 Å². The molecule has 3 aromatic rings. The fraction of sp³-hybridized carbons (Fsp3) is 0.217. The van der Waals surface area contributed by atoms with Crippen LogP contribution in [0.15, 0.2) is 74.8 Å². The lowest BCUT2D eigenvalue weighted by atomic mass is 10.2. The maximum absolute atomic E-state index is 13.9. The van der Waals surface area contributed by atoms with Crippen LogP contribution < -0.4 is 15.1 Å². The van der Waals surface area contributed by atoms with Gasteiger partial charge in [-0.2, -0.15) is 0 Å². The SMILES string of the molecule is Cc1cc(OC2CCN(C(=O)c3cccc(NS(=O)(=O)c4ccccc4F)c3)C2)cc(=O)o1. The van der Waals surface area contributed by atoms with E-state index in [1.54, 1.807) is 30.0 Å². The van der Waals surface area contributed by atoms with Crippen molar-refractivity contribution in [3.8, 4) is 5.75 Å². The number of anilines is 1. The van der Waals surface area contributed by atoms with Crippen LogP contribution in [0.1, 0.15) is 22.5 Å². The van der Waals surface area contributed by atoms with Crippen molar-refractivity contribution in [2.45, 2.75) is 24.3 Å². The van der Waals surface area contributed by atoms with Gasteiger partial charge in [-0.1, -0.05) is 18.2 Å². The quantitative estimate of drug-likeness (QED) is 0.591. The van der Waals surface area contributed by atoms with Crippen molar-refractivity contribution >= 4 is 21.6 Å². The molecule has 172 valence electrons. The summed E-state index contributed by atoms with van der Waals surface area (Å²) in [6.07, 6.45) is 0.280. The molecule has 33 heavy (non-hydrogen) atoms. The van der Waals surface area contributed by atoms with Gasteiger partial charge in [0.2, 0.25) is 0 Å². The number of ether oxygens (including phenoxy) is 1. The van der Waals surface area contributed by atoms with Crippen LogP contribution >= 0.6 is 0 Å². The minimum atomic E-state index is -4.16. The van der Waals surface area contributed by atoms with Gasteiger partial charge in [0.05, 0.1) is 12.6 Å². The van der Waals surface area contributed by atoms with Crippen molar-refractivity contribution in [3.05, 3.63) is 88.2 Å². The zero-order valence-corrected chi connectivity index (χ0v) is 18.5. The molecule has 4 rings (SSSR count). The predicted octanol–water partition coefficient (Wildman–Crippen LogP) is 3.18. The summed E-state index contributed by atoms with van der Waals surface area (Å²) in [5.74, 6) is -0.353. The first kappa shape index (κ1) is 22.5. The normalized spacial score (nSPS) is 15.9. The van der Waals surface area contributed by atoms with Gasteiger partial charge < -0.3 is 14.1 Å². The Morgan fingerprint density at radius 1 is 1.15 bits per heavy atom. The molecule has 0 bridgehead atoms. The molecule has 1 N–H and O–H groups in total. The van der Waals surface area contributed by atoms with Crippen LogP contribution in [0.4, 0.5) is 10.1 Å². The van der Waals surface area contributed by atoms with Gasteiger partial charge in [-0.3, -0.25) is 9.52 Å². The van der Waals surface area contributed by atoms with Crippen LogP contribution in [0.25, 0.3) is 0 Å². The van der Waals surface area contributed by atoms with Crippen LogP contribution in [0.3, 0.4) is 0 Å². The average molecular weight is 472 g/mol. The molecule has 0 aliphatic carbocycles. The molecule has 1 amide bonds. The number of sulfonamides is 1. The third-order valence-corrected chi connectivity index (χ3v) is 6.50. The summed E-state index contributed by atoms with van der Waals surface area (Å²) in [7, 11) is -4.16. The standard InChI is InChI=1S/C23H21FN2O6S/c1-15-11-19(13-22(27)31-15)32-18-9-10-26(14-18)23(28)16-5-4-6-17(12-16)25-33(29,30)21-8-3-2-7-20(21)24/h2-8,11-13,18,25H,9-10,14H2,1H3. The second-order valence-corrected chi connectivity index (χ2v) is 9.27. The Labute approximate surface area is 189 Å². The highest BCUT2D eigenvalue weighted by Gasteiger charge is 2.29. The summed E-state index contributed by atoms with van der Waals surface area (Å²) in [4.78, 5) is 25.6. The van der Waals surface area contributed by atoms with Gasteiger partial charge >= 0.3 is 5.63 Å². The first-order valence-corrected chi connectivity index (χ1v) is 11.6. The summed E-state index contributed by atoms with van der Waals surface area (Å²) in [6.45, 7) is 2.39. The van der Waals surface area contributed by atoms with E-state index in [9.17, 15) is 22.4 Å². The third-order valence-electron chi connectivity index (χ3n) is 5.09. The van der Waals surface area contributed by atoms with Crippen LogP contribution in [0, 0.1) is 12.7 Å². The molecule has 10 heteroatoms. The lowest BCUT2D eigenvalue weighted by Crippen LogP contribution is -2.31. The number of likely N-dealkylation sites (tertiary alicyclic amines) is 1. The largest absolute Gasteiger partial charge is 0.488 e. The number of hydrogen-bond acceptors (Lipinski definition) is 6. The van der Waals surface area contributed by atoms with Crippen LogP contribution in [-0.2, 0) is 10.0 Å². The van der Waals surface area contributed by atoms with E-state index >= 15 is 0 Å². The molecule has 0 spiro atoms. The number of carbonyl (C=O) groups is 1. The minimum absolute atomic E-state index is 0.141. The fourth-order valence-corrected chi connectivity index (χ4v) is 4.75. The fourth-order valence-electron chi connectivity index (χ4n) is 3.62. The first-order chi connectivity index (χ1) is 15.7. The molecule has 0 saturated carbocycles. The van der Waals surface area contributed by atoms with E-state index in [4.69, 9.17) is 9.15 Å². The van der Waals surface area contributed by atoms with Crippen LogP contribution in [0.5, 0.6) is 5.75 Å². The topological polar surface area (TPSA) is 106 Å². The molecule has 1 aromatic heterocycles. The minimum Gasteiger partial charge on any atom is -0.488 e. The third kappa shape index (κ3) is 5.23. The van der Waals surface area contributed by atoms with E-state index < -0.39 is 26.4 Å². The highest BCUT2D eigenvalue weighted by atomic mass is 32.2. The van der Waals surface area contributed by atoms with Gasteiger partial charge in [0.25, 0.3) is 15.9 Å². The molecule has 2 aromatic carbocycles. The van der Waals surface area contributed by atoms with Gasteiger partial charge in [0.1, 0.15) is 28.3 Å². The number of nitrogens with zero attached hydrogens (tertiary/aromatic N) is 1. The van der Waals surface area contributed by atoms with E-state index in [1.807, 2.05) is 0 Å². The highest BCUT2D eigenvalue weighted by Crippen LogP contribution is 2.23. The molecule has 1 aliphatic rings. The smallest absolute Gasteiger partial charge is 0.339 e. The van der Waals surface area contributed by atoms with Crippen LogP contribution in [0.2, 0.25) is 0 Å². The molecule has 1 atom stereocenters. The Morgan fingerprint density at radius 2 is 1.94 bits per heavy atom. The maximum atomic E-state index is 13.9. The summed E-state index contributed by atoms with van der Waals surface area (Å²) in [5.41, 5.74) is -0.0891. The van der Waals surface area contributed by atoms with Gasteiger partial charge in [0.15, 0.2) is 0 Å². The maximum Gasteiger partial charge on any atom is 0.339 e. The summed E-state index contributed by atoms with van der Waals surface area (Å²) in [5, 5.41) is 0. The molecule has 1 fully saturated rings. The Bertz CT molecular complexity index is 1350. The van der Waals surface area contributed by atoms with E-state index in [1.165, 1.54) is 30.3 Å². The number of amides is 1. The van der Waals surface area contributed by atoms with Crippen molar-refractivity contribution in [1.29, 1.82) is 0 Å². The second-order valence-electron chi connectivity index (χ2n) is 7.62. The lowest BCUT2D eigenvalue weighted by Gasteiger charge is -2.18. The van der Waals surface area contributed by atoms with Gasteiger partial charge in [-0.15, -0.1) is 0 Å². The molecule has 1 aliphatic heterocycles. The Balaban J connectivity index is 1.45. The average Bonchev–Trinajstić information content (AvgIpc) is 3.21. The Kier molecular flexibility index (Phi) is 6.19. The molecular formula is C23H21FN2O6S. The molecule has 0 radical (unpaired) electrons. The molecule has 2 heterocycles. The summed E-state index contributed by atoms with van der Waals surface area (Å²) < 4.78 is 52.0. The van der Waals surface area contributed by atoms with E-state index in [2.05, 4.69) is 4.72 Å². The van der Waals surface area contributed by atoms with Gasteiger partial charge in [0, 0.05) is 30.3 Å². The second kappa shape index (κ2) is 9.07. The van der Waals surface area contributed by atoms with Crippen molar-refractivity contribution in [3.63, 3.8) is 0 Å². The predicted molar refractivity (Wildman–Crippen MR) is 118 cm³/mol. The van der Waals surface area contributed by atoms with E-state index in [0.29, 0.717) is 31.0 Å². The zero-order valence-electron chi connectivity index (χ0n) is 17.7. The number of hydrogen-bond donors (Lipinski definition) is 1. The summed E-state index contributed by atoms with van der Waals surface area (Å²) >= 11 is 0. The number of carbonyl (C=O) groups excluding carboxylic acids is 1. The summed E-state index contributed by atoms with van der Waals surface area (Å²) in [6, 6.07) is 13.9. The number of nitrogens with one attached hydrogen (secondary N) is 1. The molecular weight excluding hydrogens is 451 g/mol. The van der Waals surface area contributed by atoms with Crippen molar-refractivity contribution in [2.24, 2.45) is 0 Å². The van der Waals surface area contributed by atoms with Crippen molar-refractivity contribution in [2.75, 3.05) is 17.8 Å². The molecule has 1 saturated heterocycles. The Morgan fingerprint density at radius 3 is 2.70 bits per heavy atom. The monoisotopic (exact) mass is 472 g/mol. The van der Waals surface area contributed by atoms with Gasteiger partial charge in [-0.05, 0) is 37.3 Å². The Hall–Kier alpha value is -3.66. The highest BCUT2D eigenvalue weighted by molar-refractivity contribution is 7.92. The molecule has 1 unspecified atom stereocenters. The van der Waals surface area contributed by atoms with Crippen molar-refractivity contribution < 1.29 is 26.8 Å². The number of benzene rings is 2. The van der Waals surface area contributed by atoms with Crippen molar-refractivity contribution in [1.82, 2.24) is 4.90 Å². The molecule has 8 nitrogen and oxygen atoms in total.